The number of hydrogen-bond acceptors (Lipinski definition) is 3. The van der Waals surface area contributed by atoms with Crippen LogP contribution in [0, 0.1) is 23.7 Å². The lowest BCUT2D eigenvalue weighted by atomic mass is 9.82. The summed E-state index contributed by atoms with van der Waals surface area (Å²) in [6, 6.07) is 0.0406. The average molecular weight is 265 g/mol. The van der Waals surface area contributed by atoms with Crippen LogP contribution in [0.15, 0.2) is 12.2 Å². The highest BCUT2D eigenvalue weighted by Gasteiger charge is 2.53. The van der Waals surface area contributed by atoms with Crippen LogP contribution in [0.1, 0.15) is 13.3 Å². The van der Waals surface area contributed by atoms with Crippen LogP contribution < -0.4 is 0 Å². The number of nitrogens with zero attached hydrogens (tertiary/aromatic N) is 1. The Morgan fingerprint density at radius 3 is 2.58 bits per heavy atom. The van der Waals surface area contributed by atoms with Gasteiger partial charge in [0.05, 0.1) is 31.1 Å². The number of fused-ring (bicyclic) bond motifs is 2. The number of allylic oxidation sites excluding steroid dienone is 2. The van der Waals surface area contributed by atoms with Crippen molar-refractivity contribution in [1.29, 1.82) is 0 Å². The molecule has 1 aliphatic heterocycles. The number of carboxylic acid groups (broad SMARTS) is 1. The van der Waals surface area contributed by atoms with E-state index in [-0.39, 0.29) is 29.7 Å². The van der Waals surface area contributed by atoms with Crippen molar-refractivity contribution in [3.63, 3.8) is 0 Å². The smallest absolute Gasteiger partial charge is 0.307 e. The highest BCUT2D eigenvalue weighted by atomic mass is 16.5. The minimum absolute atomic E-state index is 0.0000463. The van der Waals surface area contributed by atoms with Crippen LogP contribution in [-0.2, 0) is 14.3 Å². The van der Waals surface area contributed by atoms with E-state index in [4.69, 9.17) is 4.74 Å². The van der Waals surface area contributed by atoms with Crippen LogP contribution in [0.25, 0.3) is 0 Å². The number of aliphatic carboxylic acids is 1. The normalized spacial score (nSPS) is 40.7. The quantitative estimate of drug-likeness (QED) is 0.748. The van der Waals surface area contributed by atoms with Crippen LogP contribution in [0.5, 0.6) is 0 Å². The number of carboxylic acids is 1. The molecule has 1 N–H and O–H groups in total. The molecule has 1 saturated carbocycles. The monoisotopic (exact) mass is 265 g/mol. The number of ether oxygens (including phenoxy) is 1. The summed E-state index contributed by atoms with van der Waals surface area (Å²) in [4.78, 5) is 25.9. The number of amides is 1. The first-order valence-electron chi connectivity index (χ1n) is 6.89. The van der Waals surface area contributed by atoms with Gasteiger partial charge in [0.2, 0.25) is 5.91 Å². The van der Waals surface area contributed by atoms with Crippen molar-refractivity contribution in [3.8, 4) is 0 Å². The molecule has 2 fully saturated rings. The Kier molecular flexibility index (Phi) is 3.09. The number of morpholine rings is 1. The molecule has 0 aromatic carbocycles. The third-order valence-electron chi connectivity index (χ3n) is 4.68. The summed E-state index contributed by atoms with van der Waals surface area (Å²) in [5.74, 6) is -1.62. The lowest BCUT2D eigenvalue weighted by Crippen LogP contribution is -2.51. The minimum Gasteiger partial charge on any atom is -0.481 e. The maximum atomic E-state index is 12.7. The minimum atomic E-state index is -0.837. The zero-order chi connectivity index (χ0) is 13.6. The molecular weight excluding hydrogens is 246 g/mol. The van der Waals surface area contributed by atoms with Gasteiger partial charge in [-0.05, 0) is 25.2 Å². The summed E-state index contributed by atoms with van der Waals surface area (Å²) in [6.07, 6.45) is 4.81. The second kappa shape index (κ2) is 4.63. The molecule has 1 heterocycles. The van der Waals surface area contributed by atoms with Crippen LogP contribution >= 0.6 is 0 Å². The first kappa shape index (κ1) is 12.7. The van der Waals surface area contributed by atoms with Gasteiger partial charge in [0.15, 0.2) is 0 Å². The maximum Gasteiger partial charge on any atom is 0.307 e. The van der Waals surface area contributed by atoms with Gasteiger partial charge >= 0.3 is 5.97 Å². The largest absolute Gasteiger partial charge is 0.481 e. The molecule has 0 spiro atoms. The second-order valence-electron chi connectivity index (χ2n) is 5.79. The van der Waals surface area contributed by atoms with Gasteiger partial charge in [0, 0.05) is 6.54 Å². The lowest BCUT2D eigenvalue weighted by Gasteiger charge is -2.37. The van der Waals surface area contributed by atoms with E-state index in [1.165, 1.54) is 0 Å². The molecule has 0 aromatic heterocycles. The fraction of sp³-hybridized carbons (Fsp3) is 0.714. The van der Waals surface area contributed by atoms with E-state index >= 15 is 0 Å². The van der Waals surface area contributed by atoms with Crippen LogP contribution in [0.3, 0.4) is 0 Å². The first-order valence-corrected chi connectivity index (χ1v) is 6.89. The summed E-state index contributed by atoms with van der Waals surface area (Å²) in [7, 11) is 0. The summed E-state index contributed by atoms with van der Waals surface area (Å²) in [5, 5.41) is 9.39. The van der Waals surface area contributed by atoms with Gasteiger partial charge in [0.25, 0.3) is 0 Å². The van der Waals surface area contributed by atoms with Crippen molar-refractivity contribution in [1.82, 2.24) is 4.90 Å². The number of carbonyl (C=O) groups is 2. The van der Waals surface area contributed by atoms with E-state index in [1.807, 2.05) is 19.1 Å². The van der Waals surface area contributed by atoms with E-state index in [0.29, 0.717) is 19.8 Å². The second-order valence-corrected chi connectivity index (χ2v) is 5.79. The van der Waals surface area contributed by atoms with Gasteiger partial charge in [-0.3, -0.25) is 9.59 Å². The molecule has 3 aliphatic rings. The molecule has 5 unspecified atom stereocenters. The highest BCUT2D eigenvalue weighted by molar-refractivity contribution is 5.87. The van der Waals surface area contributed by atoms with Gasteiger partial charge in [-0.25, -0.2) is 0 Å². The summed E-state index contributed by atoms with van der Waals surface area (Å²) >= 11 is 0. The molecule has 104 valence electrons. The molecule has 0 radical (unpaired) electrons. The van der Waals surface area contributed by atoms with E-state index in [9.17, 15) is 14.7 Å². The van der Waals surface area contributed by atoms with Gasteiger partial charge < -0.3 is 14.7 Å². The van der Waals surface area contributed by atoms with Crippen molar-refractivity contribution in [3.05, 3.63) is 12.2 Å². The predicted molar refractivity (Wildman–Crippen MR) is 67.3 cm³/mol. The molecular formula is C14H19NO4. The first-order chi connectivity index (χ1) is 9.09. The molecule has 1 amide bonds. The molecule has 2 bridgehead atoms. The molecule has 5 heteroatoms. The molecule has 1 saturated heterocycles. The third kappa shape index (κ3) is 1.96. The maximum absolute atomic E-state index is 12.7. The fourth-order valence-electron chi connectivity index (χ4n) is 3.74. The Bertz CT molecular complexity index is 433. The highest BCUT2D eigenvalue weighted by Crippen LogP contribution is 2.49. The van der Waals surface area contributed by atoms with Crippen molar-refractivity contribution >= 4 is 11.9 Å². The van der Waals surface area contributed by atoms with E-state index < -0.39 is 11.9 Å². The van der Waals surface area contributed by atoms with Crippen LogP contribution in [0.2, 0.25) is 0 Å². The van der Waals surface area contributed by atoms with Crippen LogP contribution in [-0.4, -0.2) is 47.7 Å². The SMILES string of the molecule is CC1COCCN1C(=O)C1C2C=CC(C2)C1C(=O)O. The predicted octanol–water partition coefficient (Wildman–Crippen LogP) is 0.757. The zero-order valence-electron chi connectivity index (χ0n) is 11.0. The molecule has 2 aliphatic carbocycles. The lowest BCUT2D eigenvalue weighted by molar-refractivity contribution is -0.154. The standard InChI is InChI=1S/C14H19NO4/c1-8-7-19-5-4-15(8)13(16)11-9-2-3-10(6-9)12(11)14(17)18/h2-3,8-12H,4-7H2,1H3,(H,17,18). The molecule has 0 aromatic rings. The molecule has 3 rings (SSSR count). The Balaban J connectivity index is 1.82. The Morgan fingerprint density at radius 1 is 1.26 bits per heavy atom. The van der Waals surface area contributed by atoms with E-state index in [0.717, 1.165) is 6.42 Å². The van der Waals surface area contributed by atoms with Crippen molar-refractivity contribution < 1.29 is 19.4 Å². The van der Waals surface area contributed by atoms with E-state index in [1.54, 1.807) is 4.90 Å². The Morgan fingerprint density at radius 2 is 1.95 bits per heavy atom. The van der Waals surface area contributed by atoms with Gasteiger partial charge in [-0.15, -0.1) is 0 Å². The Labute approximate surface area is 112 Å². The molecule has 5 nitrogen and oxygen atoms in total. The van der Waals surface area contributed by atoms with Gasteiger partial charge in [-0.1, -0.05) is 12.2 Å². The zero-order valence-corrected chi connectivity index (χ0v) is 11.0. The fourth-order valence-corrected chi connectivity index (χ4v) is 3.74. The van der Waals surface area contributed by atoms with Crippen molar-refractivity contribution in [2.24, 2.45) is 23.7 Å². The number of hydrogen-bond donors (Lipinski definition) is 1. The van der Waals surface area contributed by atoms with Gasteiger partial charge in [0.1, 0.15) is 0 Å². The van der Waals surface area contributed by atoms with Crippen LogP contribution in [0.4, 0.5) is 0 Å². The van der Waals surface area contributed by atoms with Crippen molar-refractivity contribution in [2.45, 2.75) is 19.4 Å². The topological polar surface area (TPSA) is 66.8 Å². The number of rotatable bonds is 2. The summed E-state index contributed by atoms with van der Waals surface area (Å²) in [6.45, 7) is 3.62. The van der Waals surface area contributed by atoms with E-state index in [2.05, 4.69) is 0 Å². The average Bonchev–Trinajstić information content (AvgIpc) is 2.98. The van der Waals surface area contributed by atoms with Crippen molar-refractivity contribution in [2.75, 3.05) is 19.8 Å². The van der Waals surface area contributed by atoms with Gasteiger partial charge in [-0.2, -0.15) is 0 Å². The summed E-state index contributed by atoms with van der Waals surface area (Å²) < 4.78 is 5.34. The molecule has 5 atom stereocenters. The molecule has 19 heavy (non-hydrogen) atoms. The summed E-state index contributed by atoms with van der Waals surface area (Å²) in [5.41, 5.74) is 0. The number of carbonyl (C=O) groups excluding carboxylic acids is 1. The Hall–Kier alpha value is -1.36. The third-order valence-corrected chi connectivity index (χ3v) is 4.68.